The van der Waals surface area contributed by atoms with Crippen LogP contribution < -0.4 is 0 Å². The van der Waals surface area contributed by atoms with E-state index in [1.54, 1.807) is 0 Å². The highest BCUT2D eigenvalue weighted by Crippen LogP contribution is 2.31. The topological polar surface area (TPSA) is 40.5 Å². The molecular formula is C14H25NO2. The summed E-state index contributed by atoms with van der Waals surface area (Å²) in [5, 5.41) is 9.01. The Morgan fingerprint density at radius 2 is 1.59 bits per heavy atom. The number of likely N-dealkylation sites (tertiary alicyclic amines) is 1. The zero-order chi connectivity index (χ0) is 12.4. The van der Waals surface area contributed by atoms with E-state index in [-0.39, 0.29) is 5.92 Å². The third-order valence-corrected chi connectivity index (χ3v) is 4.46. The van der Waals surface area contributed by atoms with Gasteiger partial charge in [-0.1, -0.05) is 13.8 Å². The van der Waals surface area contributed by atoms with Crippen molar-refractivity contribution in [3.05, 3.63) is 0 Å². The number of piperidine rings is 1. The lowest BCUT2D eigenvalue weighted by Crippen LogP contribution is -2.46. The van der Waals surface area contributed by atoms with Crippen LogP contribution in [0.25, 0.3) is 0 Å². The Labute approximate surface area is 104 Å². The molecule has 3 nitrogen and oxygen atoms in total. The lowest BCUT2D eigenvalue weighted by atomic mass is 9.83. The molecule has 1 aliphatic carbocycles. The minimum absolute atomic E-state index is 0.0779. The standard InChI is InChI=1S/C14H25NO2/c1-10-7-11(2)9-15(8-10)13-5-3-12(4-6-13)14(16)17/h10-13H,3-9H2,1-2H3,(H,16,17)/t10-,11+,12?,13?. The first-order valence-corrected chi connectivity index (χ1v) is 7.03. The second-order valence-corrected chi connectivity index (χ2v) is 6.24. The maximum atomic E-state index is 10.9. The number of carboxylic acid groups (broad SMARTS) is 1. The van der Waals surface area contributed by atoms with E-state index in [1.807, 2.05) is 0 Å². The molecule has 98 valence electrons. The van der Waals surface area contributed by atoms with Gasteiger partial charge in [-0.3, -0.25) is 9.69 Å². The van der Waals surface area contributed by atoms with Crippen LogP contribution in [0.5, 0.6) is 0 Å². The molecule has 2 aliphatic rings. The molecule has 1 saturated carbocycles. The Hall–Kier alpha value is -0.570. The maximum Gasteiger partial charge on any atom is 0.306 e. The SMILES string of the molecule is C[C@@H]1C[C@H](C)CN(C2CCC(C(=O)O)CC2)C1. The van der Waals surface area contributed by atoms with Gasteiger partial charge >= 0.3 is 5.97 Å². The summed E-state index contributed by atoms with van der Waals surface area (Å²) < 4.78 is 0. The highest BCUT2D eigenvalue weighted by atomic mass is 16.4. The van der Waals surface area contributed by atoms with Gasteiger partial charge in [0.05, 0.1) is 5.92 Å². The zero-order valence-corrected chi connectivity index (χ0v) is 11.1. The van der Waals surface area contributed by atoms with Crippen LogP contribution in [0.3, 0.4) is 0 Å². The minimum Gasteiger partial charge on any atom is -0.481 e. The van der Waals surface area contributed by atoms with E-state index in [2.05, 4.69) is 18.7 Å². The minimum atomic E-state index is -0.594. The van der Waals surface area contributed by atoms with Crippen molar-refractivity contribution in [3.8, 4) is 0 Å². The molecule has 0 aromatic carbocycles. The van der Waals surface area contributed by atoms with Crippen LogP contribution >= 0.6 is 0 Å². The van der Waals surface area contributed by atoms with E-state index in [1.165, 1.54) is 19.5 Å². The van der Waals surface area contributed by atoms with Gasteiger partial charge in [0.15, 0.2) is 0 Å². The molecule has 2 rings (SSSR count). The highest BCUT2D eigenvalue weighted by molar-refractivity contribution is 5.70. The number of hydrogen-bond donors (Lipinski definition) is 1. The predicted octanol–water partition coefficient (Wildman–Crippen LogP) is 2.61. The molecule has 2 atom stereocenters. The van der Waals surface area contributed by atoms with Crippen molar-refractivity contribution in [2.75, 3.05) is 13.1 Å². The van der Waals surface area contributed by atoms with E-state index in [4.69, 9.17) is 5.11 Å². The van der Waals surface area contributed by atoms with Gasteiger partial charge in [0, 0.05) is 19.1 Å². The fourth-order valence-corrected chi connectivity index (χ4v) is 3.70. The van der Waals surface area contributed by atoms with Gasteiger partial charge in [-0.2, -0.15) is 0 Å². The fraction of sp³-hybridized carbons (Fsp3) is 0.929. The molecule has 0 spiro atoms. The first-order chi connectivity index (χ1) is 8.06. The largest absolute Gasteiger partial charge is 0.481 e. The molecule has 1 N–H and O–H groups in total. The van der Waals surface area contributed by atoms with Crippen molar-refractivity contribution in [3.63, 3.8) is 0 Å². The molecule has 0 amide bonds. The van der Waals surface area contributed by atoms with Gasteiger partial charge in [-0.25, -0.2) is 0 Å². The monoisotopic (exact) mass is 239 g/mol. The van der Waals surface area contributed by atoms with Crippen LogP contribution in [0.4, 0.5) is 0 Å². The van der Waals surface area contributed by atoms with Gasteiger partial charge in [-0.15, -0.1) is 0 Å². The van der Waals surface area contributed by atoms with Crippen LogP contribution in [-0.4, -0.2) is 35.1 Å². The van der Waals surface area contributed by atoms with Crippen molar-refractivity contribution in [2.45, 2.75) is 52.0 Å². The van der Waals surface area contributed by atoms with Crippen LogP contribution in [0.15, 0.2) is 0 Å². The van der Waals surface area contributed by atoms with Crippen LogP contribution in [-0.2, 0) is 4.79 Å². The average molecular weight is 239 g/mol. The van der Waals surface area contributed by atoms with Crippen LogP contribution in [0.2, 0.25) is 0 Å². The molecule has 0 aromatic rings. The Morgan fingerprint density at radius 3 is 2.06 bits per heavy atom. The van der Waals surface area contributed by atoms with Gasteiger partial charge in [0.2, 0.25) is 0 Å². The van der Waals surface area contributed by atoms with Gasteiger partial charge in [-0.05, 0) is 43.9 Å². The number of carboxylic acids is 1. The highest BCUT2D eigenvalue weighted by Gasteiger charge is 2.32. The Bertz CT molecular complexity index is 261. The van der Waals surface area contributed by atoms with E-state index in [0.717, 1.165) is 37.5 Å². The lowest BCUT2D eigenvalue weighted by molar-refractivity contribution is -0.143. The van der Waals surface area contributed by atoms with Crippen LogP contribution in [0, 0.1) is 17.8 Å². The summed E-state index contributed by atoms with van der Waals surface area (Å²) in [5.41, 5.74) is 0. The first kappa shape index (κ1) is 12.9. The molecule has 0 radical (unpaired) electrons. The summed E-state index contributed by atoms with van der Waals surface area (Å²) in [6.07, 6.45) is 5.26. The smallest absolute Gasteiger partial charge is 0.306 e. The summed E-state index contributed by atoms with van der Waals surface area (Å²) in [6, 6.07) is 0.649. The second kappa shape index (κ2) is 5.38. The molecule has 3 heteroatoms. The lowest BCUT2D eigenvalue weighted by Gasteiger charge is -2.42. The van der Waals surface area contributed by atoms with Gasteiger partial charge < -0.3 is 5.11 Å². The number of hydrogen-bond acceptors (Lipinski definition) is 2. The average Bonchev–Trinajstić information content (AvgIpc) is 2.28. The summed E-state index contributed by atoms with van der Waals surface area (Å²) in [4.78, 5) is 13.5. The van der Waals surface area contributed by atoms with E-state index >= 15 is 0 Å². The zero-order valence-electron chi connectivity index (χ0n) is 11.1. The number of nitrogens with zero attached hydrogens (tertiary/aromatic N) is 1. The van der Waals surface area contributed by atoms with Crippen LogP contribution in [0.1, 0.15) is 46.0 Å². The van der Waals surface area contributed by atoms with Gasteiger partial charge in [0.25, 0.3) is 0 Å². The Kier molecular flexibility index (Phi) is 4.08. The molecule has 1 saturated heterocycles. The maximum absolute atomic E-state index is 10.9. The summed E-state index contributed by atoms with van der Waals surface area (Å²) in [5.74, 6) is 0.932. The molecule has 0 bridgehead atoms. The molecule has 2 fully saturated rings. The predicted molar refractivity (Wildman–Crippen MR) is 67.9 cm³/mol. The Morgan fingerprint density at radius 1 is 1.06 bits per heavy atom. The molecular weight excluding hydrogens is 214 g/mol. The van der Waals surface area contributed by atoms with Crippen molar-refractivity contribution in [1.82, 2.24) is 4.90 Å². The molecule has 1 aliphatic heterocycles. The normalized spacial score (nSPS) is 40.1. The molecule has 17 heavy (non-hydrogen) atoms. The third kappa shape index (κ3) is 3.21. The summed E-state index contributed by atoms with van der Waals surface area (Å²) in [7, 11) is 0. The molecule has 0 unspecified atom stereocenters. The molecule has 1 heterocycles. The van der Waals surface area contributed by atoms with E-state index in [0.29, 0.717) is 6.04 Å². The van der Waals surface area contributed by atoms with Crippen molar-refractivity contribution in [1.29, 1.82) is 0 Å². The summed E-state index contributed by atoms with van der Waals surface area (Å²) >= 11 is 0. The second-order valence-electron chi connectivity index (χ2n) is 6.24. The quantitative estimate of drug-likeness (QED) is 0.805. The fourth-order valence-electron chi connectivity index (χ4n) is 3.70. The summed E-state index contributed by atoms with van der Waals surface area (Å²) in [6.45, 7) is 7.11. The first-order valence-electron chi connectivity index (χ1n) is 7.03. The third-order valence-electron chi connectivity index (χ3n) is 4.46. The number of rotatable bonds is 2. The Balaban J connectivity index is 1.85. The van der Waals surface area contributed by atoms with Gasteiger partial charge in [0.1, 0.15) is 0 Å². The van der Waals surface area contributed by atoms with Crippen molar-refractivity contribution >= 4 is 5.97 Å². The van der Waals surface area contributed by atoms with E-state index in [9.17, 15) is 4.79 Å². The number of aliphatic carboxylic acids is 1. The van der Waals surface area contributed by atoms with Crippen molar-refractivity contribution in [2.24, 2.45) is 17.8 Å². The molecule has 0 aromatic heterocycles. The van der Waals surface area contributed by atoms with E-state index < -0.39 is 5.97 Å². The number of carbonyl (C=O) groups is 1. The van der Waals surface area contributed by atoms with Crippen molar-refractivity contribution < 1.29 is 9.90 Å².